The Labute approximate surface area is 242 Å². The summed E-state index contributed by atoms with van der Waals surface area (Å²) in [6, 6.07) is 10.3. The number of ether oxygens (including phenoxy) is 2. The maximum absolute atomic E-state index is 14.2. The molecule has 10 nitrogen and oxygen atoms in total. The fourth-order valence-electron chi connectivity index (χ4n) is 4.18. The van der Waals surface area contributed by atoms with Crippen LogP contribution in [-0.4, -0.2) is 54.0 Å². The van der Waals surface area contributed by atoms with Crippen LogP contribution in [0.25, 0.3) is 0 Å². The van der Waals surface area contributed by atoms with Crippen molar-refractivity contribution in [2.24, 2.45) is 5.73 Å². The van der Waals surface area contributed by atoms with Crippen LogP contribution in [0.3, 0.4) is 0 Å². The van der Waals surface area contributed by atoms with E-state index in [4.69, 9.17) is 15.2 Å². The minimum Gasteiger partial charge on any atom is -0.497 e. The molecule has 0 spiro atoms. The van der Waals surface area contributed by atoms with Crippen molar-refractivity contribution >= 4 is 29.5 Å². The van der Waals surface area contributed by atoms with Crippen LogP contribution in [0.2, 0.25) is 0 Å². The van der Waals surface area contributed by atoms with Crippen molar-refractivity contribution in [3.63, 3.8) is 0 Å². The van der Waals surface area contributed by atoms with Crippen molar-refractivity contribution in [2.75, 3.05) is 19.0 Å². The molecule has 2 unspecified atom stereocenters. The summed E-state index contributed by atoms with van der Waals surface area (Å²) in [6.45, 7) is 11.3. The number of hydrogen-bond acceptors (Lipinski definition) is 6. The van der Waals surface area contributed by atoms with Crippen LogP contribution in [0.1, 0.15) is 76.1 Å². The maximum atomic E-state index is 14.2. The van der Waals surface area contributed by atoms with Gasteiger partial charge in [-0.15, -0.1) is 0 Å². The van der Waals surface area contributed by atoms with E-state index < -0.39 is 41.5 Å². The van der Waals surface area contributed by atoms with Crippen LogP contribution in [0.5, 0.6) is 5.75 Å². The second-order valence-electron chi connectivity index (χ2n) is 11.1. The summed E-state index contributed by atoms with van der Waals surface area (Å²) in [4.78, 5) is 53.9. The van der Waals surface area contributed by atoms with Gasteiger partial charge in [-0.05, 0) is 88.4 Å². The van der Waals surface area contributed by atoms with Crippen LogP contribution in [0.4, 0.5) is 10.5 Å². The molecule has 0 radical (unpaired) electrons. The van der Waals surface area contributed by atoms with Gasteiger partial charge in [-0.25, -0.2) is 4.79 Å². The number of rotatable bonds is 13. The summed E-state index contributed by atoms with van der Waals surface area (Å²) < 4.78 is 10.6. The molecule has 0 saturated carbocycles. The SMILES string of the molecule is CCCCN(C(=O)C(CCC(N)=O)NC(=O)OC(C)(C)C)C(C(=O)Nc1ccc(OC)cc1)c1ccc(C)c(C)c1. The molecule has 4 amide bonds. The van der Waals surface area contributed by atoms with Crippen LogP contribution < -0.4 is 21.1 Å². The third kappa shape index (κ3) is 10.4. The monoisotopic (exact) mass is 568 g/mol. The highest BCUT2D eigenvalue weighted by atomic mass is 16.6. The summed E-state index contributed by atoms with van der Waals surface area (Å²) >= 11 is 0. The van der Waals surface area contributed by atoms with Crippen LogP contribution >= 0.6 is 0 Å². The Kier molecular flexibility index (Phi) is 12.2. The molecule has 0 aromatic heterocycles. The summed E-state index contributed by atoms with van der Waals surface area (Å²) in [6.07, 6.45) is 0.379. The van der Waals surface area contributed by atoms with Gasteiger partial charge in [0.15, 0.2) is 0 Å². The van der Waals surface area contributed by atoms with Crippen molar-refractivity contribution < 1.29 is 28.7 Å². The Hall–Kier alpha value is -4.08. The average molecular weight is 569 g/mol. The van der Waals surface area contributed by atoms with E-state index in [-0.39, 0.29) is 19.4 Å². The number of nitrogens with zero attached hydrogens (tertiary/aromatic N) is 1. The Bertz CT molecular complexity index is 1210. The molecule has 0 aliphatic heterocycles. The molecule has 2 aromatic carbocycles. The normalized spacial score (nSPS) is 12.6. The molecule has 0 aliphatic rings. The molecule has 0 saturated heterocycles. The minimum atomic E-state index is -1.14. The fraction of sp³-hybridized carbons (Fsp3) is 0.484. The quantitative estimate of drug-likeness (QED) is 0.318. The number of carbonyl (C=O) groups is 4. The van der Waals surface area contributed by atoms with Crippen LogP contribution in [0, 0.1) is 13.8 Å². The fourth-order valence-corrected chi connectivity index (χ4v) is 4.18. The zero-order chi connectivity index (χ0) is 30.7. The molecule has 41 heavy (non-hydrogen) atoms. The maximum Gasteiger partial charge on any atom is 0.408 e. The van der Waals surface area contributed by atoms with E-state index in [1.54, 1.807) is 52.1 Å². The van der Waals surface area contributed by atoms with E-state index in [0.29, 0.717) is 23.4 Å². The van der Waals surface area contributed by atoms with Gasteiger partial charge >= 0.3 is 6.09 Å². The van der Waals surface area contributed by atoms with Gasteiger partial charge in [0.05, 0.1) is 7.11 Å². The Morgan fingerprint density at radius 2 is 1.66 bits per heavy atom. The van der Waals surface area contributed by atoms with Gasteiger partial charge in [0.2, 0.25) is 11.8 Å². The van der Waals surface area contributed by atoms with Crippen molar-refractivity contribution in [2.45, 2.75) is 84.9 Å². The summed E-state index contributed by atoms with van der Waals surface area (Å²) in [7, 11) is 1.56. The predicted molar refractivity (Wildman–Crippen MR) is 158 cm³/mol. The number of hydrogen-bond donors (Lipinski definition) is 3. The van der Waals surface area contributed by atoms with Gasteiger partial charge in [-0.1, -0.05) is 31.5 Å². The van der Waals surface area contributed by atoms with Crippen LogP contribution in [0.15, 0.2) is 42.5 Å². The Morgan fingerprint density at radius 1 is 1.00 bits per heavy atom. The highest BCUT2D eigenvalue weighted by Crippen LogP contribution is 2.28. The van der Waals surface area contributed by atoms with Crippen molar-refractivity contribution in [1.82, 2.24) is 10.2 Å². The third-order valence-corrected chi connectivity index (χ3v) is 6.47. The lowest BCUT2D eigenvalue weighted by Crippen LogP contribution is -2.52. The van der Waals surface area contributed by atoms with Crippen molar-refractivity contribution in [3.05, 3.63) is 59.2 Å². The largest absolute Gasteiger partial charge is 0.497 e. The van der Waals surface area contributed by atoms with Crippen molar-refractivity contribution in [3.8, 4) is 5.75 Å². The van der Waals surface area contributed by atoms with Crippen molar-refractivity contribution in [1.29, 1.82) is 0 Å². The highest BCUT2D eigenvalue weighted by Gasteiger charge is 2.36. The zero-order valence-corrected chi connectivity index (χ0v) is 25.2. The highest BCUT2D eigenvalue weighted by molar-refractivity contribution is 5.99. The van der Waals surface area contributed by atoms with Crippen LogP contribution in [-0.2, 0) is 19.1 Å². The second-order valence-corrected chi connectivity index (χ2v) is 11.1. The van der Waals surface area contributed by atoms with Gasteiger partial charge < -0.3 is 30.7 Å². The molecule has 0 bridgehead atoms. The van der Waals surface area contributed by atoms with E-state index in [0.717, 1.165) is 17.5 Å². The minimum absolute atomic E-state index is 0.0459. The molecule has 0 heterocycles. The lowest BCUT2D eigenvalue weighted by molar-refractivity contribution is -0.141. The standard InChI is InChI=1S/C31H44N4O6/c1-8-9-18-35(29(38)25(16-17-26(32)36)34-30(39)41-31(4,5)6)27(22-11-10-20(2)21(3)19-22)28(37)33-23-12-14-24(40-7)15-13-23/h10-15,19,25,27H,8-9,16-18H2,1-7H3,(H2,32,36)(H,33,37)(H,34,39). The molecular weight excluding hydrogens is 524 g/mol. The molecule has 2 atom stereocenters. The van der Waals surface area contributed by atoms with E-state index in [1.807, 2.05) is 39.0 Å². The number of amides is 4. The third-order valence-electron chi connectivity index (χ3n) is 6.47. The first-order chi connectivity index (χ1) is 19.2. The number of aryl methyl sites for hydroxylation is 2. The van der Waals surface area contributed by atoms with E-state index in [1.165, 1.54) is 4.90 Å². The first-order valence-corrected chi connectivity index (χ1v) is 13.9. The first-order valence-electron chi connectivity index (χ1n) is 13.9. The lowest BCUT2D eigenvalue weighted by Gasteiger charge is -2.34. The average Bonchev–Trinajstić information content (AvgIpc) is 2.89. The summed E-state index contributed by atoms with van der Waals surface area (Å²) in [5.41, 5.74) is 7.74. The van der Waals surface area contributed by atoms with E-state index >= 15 is 0 Å². The number of nitrogens with one attached hydrogen (secondary N) is 2. The van der Waals surface area contributed by atoms with E-state index in [9.17, 15) is 19.2 Å². The van der Waals surface area contributed by atoms with Gasteiger partial charge in [-0.2, -0.15) is 0 Å². The number of unbranched alkanes of at least 4 members (excludes halogenated alkanes) is 1. The number of primary amides is 1. The summed E-state index contributed by atoms with van der Waals surface area (Å²) in [5.74, 6) is -0.914. The molecular formula is C31H44N4O6. The number of methoxy groups -OCH3 is 1. The van der Waals surface area contributed by atoms with Gasteiger partial charge in [0, 0.05) is 18.7 Å². The summed E-state index contributed by atoms with van der Waals surface area (Å²) in [5, 5.41) is 5.53. The first kappa shape index (κ1) is 33.1. The van der Waals surface area contributed by atoms with E-state index in [2.05, 4.69) is 10.6 Å². The number of alkyl carbamates (subject to hydrolysis) is 1. The smallest absolute Gasteiger partial charge is 0.408 e. The molecule has 2 aromatic rings. The number of nitrogens with two attached hydrogens (primary N) is 1. The predicted octanol–water partition coefficient (Wildman–Crippen LogP) is 4.78. The molecule has 4 N–H and O–H groups in total. The molecule has 10 heteroatoms. The zero-order valence-electron chi connectivity index (χ0n) is 25.2. The number of anilines is 1. The lowest BCUT2D eigenvalue weighted by atomic mass is 9.97. The molecule has 0 fully saturated rings. The van der Waals surface area contributed by atoms with Gasteiger partial charge in [0.25, 0.3) is 5.91 Å². The van der Waals surface area contributed by atoms with Gasteiger partial charge in [0.1, 0.15) is 23.4 Å². The Morgan fingerprint density at radius 3 is 2.20 bits per heavy atom. The second kappa shape index (κ2) is 15.1. The molecule has 224 valence electrons. The number of benzene rings is 2. The topological polar surface area (TPSA) is 140 Å². The molecule has 0 aliphatic carbocycles. The number of carbonyl (C=O) groups excluding carboxylic acids is 4. The Balaban J connectivity index is 2.55. The van der Waals surface area contributed by atoms with Gasteiger partial charge in [-0.3, -0.25) is 14.4 Å². The molecule has 2 rings (SSSR count).